The van der Waals surface area contributed by atoms with Gasteiger partial charge in [-0.15, -0.1) is 0 Å². The molecule has 3 heteroatoms. The number of ether oxygens (including phenoxy) is 2. The molecule has 2 atom stereocenters. The van der Waals surface area contributed by atoms with Crippen LogP contribution in [-0.2, 0) is 13.2 Å². The Balaban J connectivity index is 1.25. The van der Waals surface area contributed by atoms with E-state index >= 15 is 0 Å². The highest BCUT2D eigenvalue weighted by Gasteiger charge is 2.37. The lowest BCUT2D eigenvalue weighted by Crippen LogP contribution is -2.17. The number of methoxy groups -OCH3 is 1. The fourth-order valence-corrected chi connectivity index (χ4v) is 3.33. The third kappa shape index (κ3) is 4.69. The van der Waals surface area contributed by atoms with Crippen LogP contribution in [0.1, 0.15) is 29.0 Å². The topological polar surface area (TPSA) is 30.5 Å². The third-order valence-electron chi connectivity index (χ3n) is 5.07. The molecule has 1 fully saturated rings. The Labute approximate surface area is 161 Å². The van der Waals surface area contributed by atoms with Gasteiger partial charge in [0.2, 0.25) is 0 Å². The highest BCUT2D eigenvalue weighted by atomic mass is 16.5. The fourth-order valence-electron chi connectivity index (χ4n) is 3.33. The Kier molecular flexibility index (Phi) is 5.40. The van der Waals surface area contributed by atoms with E-state index in [-0.39, 0.29) is 0 Å². The van der Waals surface area contributed by atoms with Crippen molar-refractivity contribution in [3.8, 4) is 11.5 Å². The lowest BCUT2D eigenvalue weighted by atomic mass is 10.1. The van der Waals surface area contributed by atoms with Crippen LogP contribution >= 0.6 is 0 Å². The maximum atomic E-state index is 5.87. The van der Waals surface area contributed by atoms with E-state index in [1.165, 1.54) is 23.1 Å². The summed E-state index contributed by atoms with van der Waals surface area (Å²) >= 11 is 0. The summed E-state index contributed by atoms with van der Waals surface area (Å²) in [5.74, 6) is 2.43. The minimum atomic E-state index is 0.559. The van der Waals surface area contributed by atoms with Crippen molar-refractivity contribution in [1.82, 2.24) is 5.32 Å². The number of benzene rings is 3. The molecule has 0 amide bonds. The van der Waals surface area contributed by atoms with Crippen molar-refractivity contribution >= 4 is 0 Å². The molecule has 1 saturated carbocycles. The largest absolute Gasteiger partial charge is 0.497 e. The van der Waals surface area contributed by atoms with Gasteiger partial charge in [-0.05, 0) is 47.4 Å². The Morgan fingerprint density at radius 1 is 0.815 bits per heavy atom. The molecule has 0 aliphatic heterocycles. The molecule has 0 heterocycles. The molecule has 27 heavy (non-hydrogen) atoms. The van der Waals surface area contributed by atoms with Crippen LogP contribution in [-0.4, -0.2) is 13.2 Å². The molecule has 0 spiro atoms. The van der Waals surface area contributed by atoms with Crippen molar-refractivity contribution in [2.45, 2.75) is 31.5 Å². The summed E-state index contributed by atoms with van der Waals surface area (Å²) < 4.78 is 11.1. The molecule has 0 radical (unpaired) electrons. The first-order valence-electron chi connectivity index (χ1n) is 9.45. The van der Waals surface area contributed by atoms with Crippen LogP contribution < -0.4 is 14.8 Å². The van der Waals surface area contributed by atoms with Gasteiger partial charge >= 0.3 is 0 Å². The summed E-state index contributed by atoms with van der Waals surface area (Å²) in [5, 5.41) is 3.65. The van der Waals surface area contributed by atoms with E-state index in [0.29, 0.717) is 18.6 Å². The van der Waals surface area contributed by atoms with Crippen molar-refractivity contribution in [3.63, 3.8) is 0 Å². The van der Waals surface area contributed by atoms with Gasteiger partial charge in [-0.25, -0.2) is 0 Å². The smallest absolute Gasteiger partial charge is 0.119 e. The number of nitrogens with one attached hydrogen (secondary N) is 1. The molecule has 0 saturated heterocycles. The van der Waals surface area contributed by atoms with Crippen LogP contribution in [0.2, 0.25) is 0 Å². The zero-order valence-electron chi connectivity index (χ0n) is 15.6. The summed E-state index contributed by atoms with van der Waals surface area (Å²) in [4.78, 5) is 0. The lowest BCUT2D eigenvalue weighted by molar-refractivity contribution is 0.306. The first kappa shape index (κ1) is 17.6. The molecule has 0 aromatic heterocycles. The van der Waals surface area contributed by atoms with Crippen LogP contribution in [0, 0.1) is 0 Å². The maximum absolute atomic E-state index is 5.87. The van der Waals surface area contributed by atoms with Crippen LogP contribution in [0.4, 0.5) is 0 Å². The molecule has 4 rings (SSSR count). The van der Waals surface area contributed by atoms with Crippen LogP contribution in [0.3, 0.4) is 0 Å². The van der Waals surface area contributed by atoms with Gasteiger partial charge in [-0.1, -0.05) is 54.6 Å². The van der Waals surface area contributed by atoms with Gasteiger partial charge in [0.1, 0.15) is 18.1 Å². The van der Waals surface area contributed by atoms with Gasteiger partial charge < -0.3 is 14.8 Å². The van der Waals surface area contributed by atoms with E-state index in [1.54, 1.807) is 7.11 Å². The zero-order chi connectivity index (χ0) is 18.5. The molecule has 3 aromatic rings. The second-order valence-electron chi connectivity index (χ2n) is 7.02. The molecule has 3 aromatic carbocycles. The van der Waals surface area contributed by atoms with E-state index < -0.39 is 0 Å². The van der Waals surface area contributed by atoms with Crippen molar-refractivity contribution in [2.75, 3.05) is 7.11 Å². The van der Waals surface area contributed by atoms with Crippen molar-refractivity contribution in [1.29, 1.82) is 0 Å². The van der Waals surface area contributed by atoms with E-state index in [2.05, 4.69) is 53.8 Å². The number of hydrogen-bond acceptors (Lipinski definition) is 3. The Hall–Kier alpha value is -2.78. The quantitative estimate of drug-likeness (QED) is 0.619. The highest BCUT2D eigenvalue weighted by Crippen LogP contribution is 2.41. The third-order valence-corrected chi connectivity index (χ3v) is 5.07. The Bertz CT molecular complexity index is 844. The van der Waals surface area contributed by atoms with Gasteiger partial charge in [0.25, 0.3) is 0 Å². The molecule has 1 aliphatic rings. The summed E-state index contributed by atoms with van der Waals surface area (Å²) in [6.45, 7) is 1.50. The van der Waals surface area contributed by atoms with Crippen LogP contribution in [0.25, 0.3) is 0 Å². The molecule has 3 nitrogen and oxygen atoms in total. The van der Waals surface area contributed by atoms with Crippen molar-refractivity contribution in [3.05, 3.63) is 95.6 Å². The predicted molar refractivity (Wildman–Crippen MR) is 108 cm³/mol. The van der Waals surface area contributed by atoms with Crippen molar-refractivity contribution < 1.29 is 9.47 Å². The lowest BCUT2D eigenvalue weighted by Gasteiger charge is -2.08. The van der Waals surface area contributed by atoms with Crippen LogP contribution in [0.5, 0.6) is 11.5 Å². The minimum Gasteiger partial charge on any atom is -0.497 e. The SMILES string of the molecule is COc1ccc(CN[C@@H]2C[C@H]2c2ccc(OCc3ccccc3)cc2)cc1. The summed E-state index contributed by atoms with van der Waals surface area (Å²) in [7, 11) is 1.69. The highest BCUT2D eigenvalue weighted by molar-refractivity contribution is 5.34. The predicted octanol–water partition coefficient (Wildman–Crippen LogP) is 4.92. The van der Waals surface area contributed by atoms with Gasteiger partial charge in [-0.2, -0.15) is 0 Å². The van der Waals surface area contributed by atoms with Gasteiger partial charge in [-0.3, -0.25) is 0 Å². The van der Waals surface area contributed by atoms with Crippen molar-refractivity contribution in [2.24, 2.45) is 0 Å². The first-order chi connectivity index (χ1) is 13.3. The average molecular weight is 359 g/mol. The molecule has 1 aliphatic carbocycles. The first-order valence-corrected chi connectivity index (χ1v) is 9.45. The molecule has 0 bridgehead atoms. The summed E-state index contributed by atoms with van der Waals surface area (Å²) in [5.41, 5.74) is 3.85. The molecule has 1 N–H and O–H groups in total. The number of rotatable bonds is 8. The zero-order valence-corrected chi connectivity index (χ0v) is 15.6. The summed E-state index contributed by atoms with van der Waals surface area (Å²) in [6, 6.07) is 27.6. The number of hydrogen-bond donors (Lipinski definition) is 1. The van der Waals surface area contributed by atoms with Gasteiger partial charge in [0.15, 0.2) is 0 Å². The second kappa shape index (κ2) is 8.28. The van der Waals surface area contributed by atoms with E-state index in [1.807, 2.05) is 30.3 Å². The molecular weight excluding hydrogens is 334 g/mol. The minimum absolute atomic E-state index is 0.559. The maximum Gasteiger partial charge on any atom is 0.119 e. The standard InChI is InChI=1S/C24H25NO2/c1-26-21-11-7-18(8-12-21)16-25-24-15-23(24)20-9-13-22(14-10-20)27-17-19-5-3-2-4-6-19/h2-14,23-25H,15-17H2,1H3/t23-,24+/m0/s1. The normalized spacial score (nSPS) is 18.1. The van der Waals surface area contributed by atoms with Gasteiger partial charge in [0, 0.05) is 18.5 Å². The molecule has 0 unspecified atom stereocenters. The second-order valence-corrected chi connectivity index (χ2v) is 7.02. The summed E-state index contributed by atoms with van der Waals surface area (Å²) in [6.07, 6.45) is 1.19. The molecular formula is C24H25NO2. The van der Waals surface area contributed by atoms with Crippen LogP contribution in [0.15, 0.2) is 78.9 Å². The Morgan fingerprint density at radius 2 is 1.52 bits per heavy atom. The van der Waals surface area contributed by atoms with E-state index in [9.17, 15) is 0 Å². The fraction of sp³-hybridized carbons (Fsp3) is 0.250. The van der Waals surface area contributed by atoms with Gasteiger partial charge in [0.05, 0.1) is 7.11 Å². The van der Waals surface area contributed by atoms with E-state index in [0.717, 1.165) is 18.0 Å². The molecule has 138 valence electrons. The monoisotopic (exact) mass is 359 g/mol. The average Bonchev–Trinajstić information content (AvgIpc) is 3.52. The Morgan fingerprint density at radius 3 is 2.22 bits per heavy atom. The van der Waals surface area contributed by atoms with E-state index in [4.69, 9.17) is 9.47 Å².